The molecule has 152 valence electrons. The maximum atomic E-state index is 16.2. The van der Waals surface area contributed by atoms with E-state index in [1.54, 1.807) is 25.1 Å². The van der Waals surface area contributed by atoms with Gasteiger partial charge in [0, 0.05) is 17.7 Å². The van der Waals surface area contributed by atoms with E-state index in [2.05, 4.69) is 10.5 Å². The fourth-order valence-electron chi connectivity index (χ4n) is 3.86. The maximum Gasteiger partial charge on any atom is 0.159 e. The Hall–Kier alpha value is -2.02. The third-order valence-electron chi connectivity index (χ3n) is 5.45. The first-order valence-electron chi connectivity index (χ1n) is 9.08. The Morgan fingerprint density at radius 3 is 2.72 bits per heavy atom. The lowest BCUT2D eigenvalue weighted by Crippen LogP contribution is -2.44. The van der Waals surface area contributed by atoms with Crippen molar-refractivity contribution in [3.8, 4) is 11.3 Å². The van der Waals surface area contributed by atoms with Crippen LogP contribution in [0.3, 0.4) is 0 Å². The molecule has 1 saturated heterocycles. The molecule has 0 spiro atoms. The first-order valence-corrected chi connectivity index (χ1v) is 9.84. The van der Waals surface area contributed by atoms with Gasteiger partial charge in [0.15, 0.2) is 11.6 Å². The number of alkyl halides is 1. The van der Waals surface area contributed by atoms with E-state index in [-0.39, 0.29) is 18.5 Å². The molecule has 4 rings (SSSR count). The first kappa shape index (κ1) is 20.3. The molecule has 1 aliphatic heterocycles. The molecule has 1 fully saturated rings. The van der Waals surface area contributed by atoms with Crippen molar-refractivity contribution in [2.24, 2.45) is 0 Å². The normalized spacial score (nSPS) is 22.1. The van der Waals surface area contributed by atoms with E-state index in [0.29, 0.717) is 39.2 Å². The minimum absolute atomic E-state index is 0.0704. The summed E-state index contributed by atoms with van der Waals surface area (Å²) in [7, 11) is 0. The number of aromatic nitrogens is 1. The number of nitrogens with one attached hydrogen (secondary N) is 1. The summed E-state index contributed by atoms with van der Waals surface area (Å²) in [5, 5.41) is 7.94. The number of benzene rings is 2. The highest BCUT2D eigenvalue weighted by Crippen LogP contribution is 2.47. The summed E-state index contributed by atoms with van der Waals surface area (Å²) < 4.78 is 49.0. The lowest BCUT2D eigenvalue weighted by atomic mass is 9.76. The zero-order chi connectivity index (χ0) is 20.8. The first-order chi connectivity index (χ1) is 13.8. The fourth-order valence-corrected chi connectivity index (χ4v) is 4.25. The number of rotatable bonds is 3. The minimum Gasteiger partial charge on any atom is -0.360 e. The highest BCUT2D eigenvalue weighted by atomic mass is 35.5. The smallest absolute Gasteiger partial charge is 0.159 e. The molecule has 0 radical (unpaired) electrons. The number of halogens is 5. The van der Waals surface area contributed by atoms with Crippen LogP contribution in [0.25, 0.3) is 11.3 Å². The van der Waals surface area contributed by atoms with Crippen molar-refractivity contribution in [2.75, 3.05) is 13.1 Å². The van der Waals surface area contributed by atoms with Gasteiger partial charge in [0.1, 0.15) is 17.1 Å². The number of hydrogen-bond donors (Lipinski definition) is 1. The SMILES string of the molecule is Cc1c(-c2cccc(Cl)c2Cl)noc1C1CNCCC1(F)c1ccc(F)c(F)c1. The number of piperidine rings is 1. The van der Waals surface area contributed by atoms with Crippen LogP contribution in [0.4, 0.5) is 13.2 Å². The average Bonchev–Trinajstić information content (AvgIpc) is 3.07. The van der Waals surface area contributed by atoms with Gasteiger partial charge < -0.3 is 9.84 Å². The fraction of sp³-hybridized carbons (Fsp3) is 0.286. The summed E-state index contributed by atoms with van der Waals surface area (Å²) in [6.45, 7) is 2.42. The van der Waals surface area contributed by atoms with Crippen LogP contribution in [0.5, 0.6) is 0 Å². The monoisotopic (exact) mass is 440 g/mol. The molecule has 2 atom stereocenters. The van der Waals surface area contributed by atoms with Crippen LogP contribution in [0.2, 0.25) is 10.0 Å². The van der Waals surface area contributed by atoms with Gasteiger partial charge in [0.05, 0.1) is 16.0 Å². The molecule has 0 saturated carbocycles. The van der Waals surface area contributed by atoms with E-state index in [9.17, 15) is 8.78 Å². The van der Waals surface area contributed by atoms with Crippen LogP contribution in [0.15, 0.2) is 40.9 Å². The molecular formula is C21H17Cl2F3N2O. The van der Waals surface area contributed by atoms with E-state index < -0.39 is 23.2 Å². The van der Waals surface area contributed by atoms with Gasteiger partial charge in [0.25, 0.3) is 0 Å². The lowest BCUT2D eigenvalue weighted by Gasteiger charge is -2.37. The van der Waals surface area contributed by atoms with Crippen LogP contribution in [-0.4, -0.2) is 18.2 Å². The molecule has 0 amide bonds. The van der Waals surface area contributed by atoms with Gasteiger partial charge >= 0.3 is 0 Å². The van der Waals surface area contributed by atoms with E-state index in [1.165, 1.54) is 6.07 Å². The Balaban J connectivity index is 1.79. The van der Waals surface area contributed by atoms with Crippen LogP contribution >= 0.6 is 23.2 Å². The summed E-state index contributed by atoms with van der Waals surface area (Å²) in [6.07, 6.45) is 0.0795. The second-order valence-corrected chi connectivity index (χ2v) is 7.91. The molecule has 2 heterocycles. The molecular weight excluding hydrogens is 424 g/mol. The topological polar surface area (TPSA) is 38.1 Å². The third-order valence-corrected chi connectivity index (χ3v) is 6.27. The summed E-state index contributed by atoms with van der Waals surface area (Å²) in [6, 6.07) is 8.27. The van der Waals surface area contributed by atoms with Gasteiger partial charge in [-0.25, -0.2) is 13.2 Å². The van der Waals surface area contributed by atoms with Crippen molar-refractivity contribution in [2.45, 2.75) is 24.9 Å². The molecule has 1 aliphatic rings. The van der Waals surface area contributed by atoms with Gasteiger partial charge in [-0.05, 0) is 43.7 Å². The van der Waals surface area contributed by atoms with Gasteiger partial charge in [-0.15, -0.1) is 0 Å². The van der Waals surface area contributed by atoms with E-state index in [0.717, 1.165) is 12.1 Å². The van der Waals surface area contributed by atoms with Crippen molar-refractivity contribution in [3.63, 3.8) is 0 Å². The predicted molar refractivity (Wildman–Crippen MR) is 106 cm³/mol. The standard InChI is InChI=1S/C21H17Cl2F3N2O/c1-11-19(13-3-2-4-15(22)18(13)23)28-29-20(11)14-10-27-8-7-21(14,26)12-5-6-16(24)17(25)9-12/h2-6,9,14,27H,7-8,10H2,1H3. The molecule has 29 heavy (non-hydrogen) atoms. The zero-order valence-electron chi connectivity index (χ0n) is 15.4. The van der Waals surface area contributed by atoms with Crippen LogP contribution in [0.1, 0.15) is 29.2 Å². The number of hydrogen-bond acceptors (Lipinski definition) is 3. The Labute approximate surface area is 175 Å². The minimum atomic E-state index is -1.94. The van der Waals surface area contributed by atoms with Crippen LogP contribution in [0, 0.1) is 18.6 Å². The van der Waals surface area contributed by atoms with Crippen molar-refractivity contribution in [1.29, 1.82) is 0 Å². The second kappa shape index (κ2) is 7.67. The highest BCUT2D eigenvalue weighted by molar-refractivity contribution is 6.43. The average molecular weight is 441 g/mol. The Bertz CT molecular complexity index is 1070. The molecule has 1 N–H and O–H groups in total. The quantitative estimate of drug-likeness (QED) is 0.528. The summed E-state index contributed by atoms with van der Waals surface area (Å²) in [5.41, 5.74) is -0.216. The molecule has 1 aromatic heterocycles. The largest absolute Gasteiger partial charge is 0.360 e. The molecule has 2 unspecified atom stereocenters. The van der Waals surface area contributed by atoms with E-state index in [1.807, 2.05) is 0 Å². The summed E-state index contributed by atoms with van der Waals surface area (Å²) >= 11 is 12.4. The molecule has 3 nitrogen and oxygen atoms in total. The predicted octanol–water partition coefficient (Wildman–Crippen LogP) is 6.18. The van der Waals surface area contributed by atoms with E-state index in [4.69, 9.17) is 27.7 Å². The Kier molecular flexibility index (Phi) is 5.36. The summed E-state index contributed by atoms with van der Waals surface area (Å²) in [4.78, 5) is 0. The van der Waals surface area contributed by atoms with Gasteiger partial charge in [-0.3, -0.25) is 0 Å². The van der Waals surface area contributed by atoms with Crippen molar-refractivity contribution in [3.05, 3.63) is 75.0 Å². The molecule has 2 aromatic carbocycles. The van der Waals surface area contributed by atoms with Crippen molar-refractivity contribution < 1.29 is 17.7 Å². The van der Waals surface area contributed by atoms with Crippen molar-refractivity contribution in [1.82, 2.24) is 10.5 Å². The Morgan fingerprint density at radius 2 is 1.97 bits per heavy atom. The highest BCUT2D eigenvalue weighted by Gasteiger charge is 2.47. The Morgan fingerprint density at radius 1 is 1.17 bits per heavy atom. The third kappa shape index (κ3) is 3.43. The van der Waals surface area contributed by atoms with Gasteiger partial charge in [0.2, 0.25) is 0 Å². The molecule has 0 bridgehead atoms. The van der Waals surface area contributed by atoms with E-state index >= 15 is 4.39 Å². The van der Waals surface area contributed by atoms with Gasteiger partial charge in [-0.1, -0.05) is 46.6 Å². The number of nitrogens with zero attached hydrogens (tertiary/aromatic N) is 1. The van der Waals surface area contributed by atoms with Crippen LogP contribution < -0.4 is 5.32 Å². The zero-order valence-corrected chi connectivity index (χ0v) is 16.9. The second-order valence-electron chi connectivity index (χ2n) is 7.12. The van der Waals surface area contributed by atoms with Crippen LogP contribution in [-0.2, 0) is 5.67 Å². The van der Waals surface area contributed by atoms with Crippen molar-refractivity contribution >= 4 is 23.2 Å². The summed E-state index contributed by atoms with van der Waals surface area (Å²) in [5.74, 6) is -2.55. The maximum absolute atomic E-state index is 16.2. The lowest BCUT2D eigenvalue weighted by molar-refractivity contribution is 0.0714. The van der Waals surface area contributed by atoms with Gasteiger partial charge in [-0.2, -0.15) is 0 Å². The molecule has 3 aromatic rings. The molecule has 0 aliphatic carbocycles. The molecule has 8 heteroatoms.